The fraction of sp³-hybridized carbons (Fsp3) is 0.400. The van der Waals surface area contributed by atoms with Crippen LogP contribution in [0.1, 0.15) is 28.7 Å². The van der Waals surface area contributed by atoms with Gasteiger partial charge in [0.2, 0.25) is 5.91 Å². The number of nitrogens with two attached hydrogens (primary N) is 1. The minimum atomic E-state index is -0.636. The van der Waals surface area contributed by atoms with Gasteiger partial charge in [0.05, 0.1) is 12.2 Å². The topological polar surface area (TPSA) is 125 Å². The summed E-state index contributed by atoms with van der Waals surface area (Å²) in [5, 5.41) is 8.82. The van der Waals surface area contributed by atoms with Gasteiger partial charge >= 0.3 is 0 Å². The number of nitrogens with zero attached hydrogens (tertiary/aromatic N) is 3. The fourth-order valence-corrected chi connectivity index (χ4v) is 2.83. The van der Waals surface area contributed by atoms with Gasteiger partial charge in [-0.15, -0.1) is 0 Å². The Balaban J connectivity index is 2.21. The van der Waals surface area contributed by atoms with E-state index < -0.39 is 5.91 Å². The Kier molecular flexibility index (Phi) is 7.90. The highest BCUT2D eigenvalue weighted by Gasteiger charge is 2.18. The maximum atomic E-state index is 11.9. The lowest BCUT2D eigenvalue weighted by molar-refractivity contribution is -0.120. The van der Waals surface area contributed by atoms with Crippen LogP contribution in [0.15, 0.2) is 24.3 Å². The van der Waals surface area contributed by atoms with Crippen LogP contribution in [0.25, 0.3) is 0 Å². The van der Waals surface area contributed by atoms with E-state index in [0.29, 0.717) is 36.7 Å². The van der Waals surface area contributed by atoms with E-state index >= 15 is 0 Å². The molecule has 0 aliphatic rings. The number of primary amides is 1. The molecular weight excluding hydrogens is 370 g/mol. The van der Waals surface area contributed by atoms with Crippen LogP contribution in [0.5, 0.6) is 0 Å². The Hall–Kier alpha value is -3.20. The van der Waals surface area contributed by atoms with E-state index in [-0.39, 0.29) is 18.1 Å². The van der Waals surface area contributed by atoms with Gasteiger partial charge in [0.15, 0.2) is 17.3 Å². The zero-order valence-corrected chi connectivity index (χ0v) is 17.4. The van der Waals surface area contributed by atoms with Crippen LogP contribution < -0.4 is 26.6 Å². The van der Waals surface area contributed by atoms with Crippen molar-refractivity contribution in [2.24, 2.45) is 5.73 Å². The molecule has 1 aromatic carbocycles. The second kappa shape index (κ2) is 10.4. The normalized spacial score (nSPS) is 10.5. The molecule has 0 saturated carbocycles. The fourth-order valence-electron chi connectivity index (χ4n) is 2.83. The van der Waals surface area contributed by atoms with E-state index in [2.05, 4.69) is 25.9 Å². The van der Waals surface area contributed by atoms with Crippen molar-refractivity contribution in [3.05, 3.63) is 41.2 Å². The van der Waals surface area contributed by atoms with E-state index in [1.54, 1.807) is 7.05 Å². The highest BCUT2D eigenvalue weighted by Crippen LogP contribution is 2.24. The minimum Gasteiger partial charge on any atom is -0.364 e. The molecule has 2 amide bonds. The van der Waals surface area contributed by atoms with Gasteiger partial charge in [-0.25, -0.2) is 9.97 Å². The molecular formula is C20H29N7O2. The second-order valence-electron chi connectivity index (χ2n) is 6.76. The third kappa shape index (κ3) is 6.15. The Morgan fingerprint density at radius 2 is 1.97 bits per heavy atom. The molecule has 0 spiro atoms. The lowest BCUT2D eigenvalue weighted by Gasteiger charge is -2.18. The van der Waals surface area contributed by atoms with Crippen molar-refractivity contribution in [1.82, 2.24) is 20.6 Å². The van der Waals surface area contributed by atoms with Crippen molar-refractivity contribution in [3.8, 4) is 0 Å². The Bertz CT molecular complexity index is 868. The maximum absolute atomic E-state index is 11.9. The van der Waals surface area contributed by atoms with Crippen LogP contribution in [0.2, 0.25) is 0 Å². The van der Waals surface area contributed by atoms with Gasteiger partial charge in [0, 0.05) is 26.3 Å². The smallest absolute Gasteiger partial charge is 0.271 e. The van der Waals surface area contributed by atoms with E-state index in [1.165, 1.54) is 0 Å². The molecule has 9 nitrogen and oxygen atoms in total. The van der Waals surface area contributed by atoms with Crippen LogP contribution in [-0.2, 0) is 17.6 Å². The van der Waals surface area contributed by atoms with Gasteiger partial charge in [-0.1, -0.05) is 19.1 Å². The van der Waals surface area contributed by atoms with Crippen LogP contribution in [0.3, 0.4) is 0 Å². The van der Waals surface area contributed by atoms with Crippen molar-refractivity contribution >= 4 is 29.1 Å². The zero-order chi connectivity index (χ0) is 21.4. The number of aromatic nitrogens is 2. The molecule has 2 rings (SSSR count). The van der Waals surface area contributed by atoms with Crippen molar-refractivity contribution in [3.63, 3.8) is 0 Å². The number of amides is 2. The van der Waals surface area contributed by atoms with Gasteiger partial charge in [-0.2, -0.15) is 0 Å². The molecule has 5 N–H and O–H groups in total. The first-order valence-electron chi connectivity index (χ1n) is 9.51. The predicted octanol–water partition coefficient (Wildman–Crippen LogP) is 0.826. The first kappa shape index (κ1) is 22.1. The highest BCUT2D eigenvalue weighted by atomic mass is 16.2. The lowest BCUT2D eigenvalue weighted by Crippen LogP contribution is -2.33. The first-order chi connectivity index (χ1) is 13.8. The van der Waals surface area contributed by atoms with Crippen molar-refractivity contribution in [2.45, 2.75) is 19.8 Å². The van der Waals surface area contributed by atoms with E-state index in [9.17, 15) is 9.59 Å². The molecule has 0 atom stereocenters. The first-order valence-corrected chi connectivity index (χ1v) is 9.51. The number of carbonyl (C=O) groups excluding carboxylic acids is 2. The van der Waals surface area contributed by atoms with Crippen LogP contribution in [-0.4, -0.2) is 56.0 Å². The highest BCUT2D eigenvalue weighted by molar-refractivity contribution is 5.96. The summed E-state index contributed by atoms with van der Waals surface area (Å²) in [6.45, 7) is 2.78. The van der Waals surface area contributed by atoms with Crippen molar-refractivity contribution < 1.29 is 9.59 Å². The SMILES string of the molecule is CCc1nc(C(N)=O)c(Nc2cccc(CCNC(=O)CNC)c2)nc1N(C)C. The maximum Gasteiger partial charge on any atom is 0.271 e. The number of likely N-dealkylation sites (N-methyl/N-ethyl adjacent to an activating group) is 1. The lowest BCUT2D eigenvalue weighted by atomic mass is 10.1. The number of carbonyl (C=O) groups is 2. The quantitative estimate of drug-likeness (QED) is 0.466. The molecule has 0 aliphatic carbocycles. The molecule has 29 heavy (non-hydrogen) atoms. The third-order valence-corrected chi connectivity index (χ3v) is 4.20. The van der Waals surface area contributed by atoms with Crippen LogP contribution in [0.4, 0.5) is 17.3 Å². The largest absolute Gasteiger partial charge is 0.364 e. The third-order valence-electron chi connectivity index (χ3n) is 4.20. The summed E-state index contributed by atoms with van der Waals surface area (Å²) in [4.78, 5) is 34.3. The average Bonchev–Trinajstić information content (AvgIpc) is 2.68. The van der Waals surface area contributed by atoms with Crippen molar-refractivity contribution in [1.29, 1.82) is 0 Å². The van der Waals surface area contributed by atoms with E-state index in [4.69, 9.17) is 5.73 Å². The average molecular weight is 399 g/mol. The molecule has 0 unspecified atom stereocenters. The van der Waals surface area contributed by atoms with E-state index in [0.717, 1.165) is 11.3 Å². The number of nitrogens with one attached hydrogen (secondary N) is 3. The molecule has 2 aromatic rings. The second-order valence-corrected chi connectivity index (χ2v) is 6.76. The molecule has 0 bridgehead atoms. The van der Waals surface area contributed by atoms with Gasteiger partial charge in [0.25, 0.3) is 5.91 Å². The van der Waals surface area contributed by atoms with Crippen molar-refractivity contribution in [2.75, 3.05) is 44.4 Å². The molecule has 0 radical (unpaired) electrons. The molecule has 1 aromatic heterocycles. The van der Waals surface area contributed by atoms with E-state index in [1.807, 2.05) is 50.2 Å². The van der Waals surface area contributed by atoms with Gasteiger partial charge in [-0.05, 0) is 37.6 Å². The number of hydrogen-bond acceptors (Lipinski definition) is 7. The van der Waals surface area contributed by atoms with Gasteiger partial charge < -0.3 is 26.6 Å². The Labute approximate surface area is 171 Å². The molecule has 156 valence electrons. The summed E-state index contributed by atoms with van der Waals surface area (Å²) < 4.78 is 0. The summed E-state index contributed by atoms with van der Waals surface area (Å²) >= 11 is 0. The Morgan fingerprint density at radius 3 is 2.59 bits per heavy atom. The molecule has 0 aliphatic heterocycles. The number of benzene rings is 1. The summed E-state index contributed by atoms with van der Waals surface area (Å²) in [7, 11) is 5.48. The summed E-state index contributed by atoms with van der Waals surface area (Å²) in [5.74, 6) is 0.320. The van der Waals surface area contributed by atoms with Crippen LogP contribution in [0, 0.1) is 0 Å². The standard InChI is InChI=1S/C20H29N7O2/c1-5-15-20(27(3)4)26-19(17(25-15)18(21)29)24-14-8-6-7-13(11-14)9-10-23-16(28)12-22-2/h6-8,11,22H,5,9-10,12H2,1-4H3,(H2,21,29)(H,23,28)(H,24,26). The predicted molar refractivity (Wildman–Crippen MR) is 115 cm³/mol. The number of anilines is 3. The molecule has 1 heterocycles. The number of aryl methyl sites for hydroxylation is 1. The van der Waals surface area contributed by atoms with Gasteiger partial charge in [0.1, 0.15) is 0 Å². The summed E-state index contributed by atoms with van der Waals surface area (Å²) in [6.07, 6.45) is 1.31. The molecule has 0 fully saturated rings. The zero-order valence-electron chi connectivity index (χ0n) is 17.4. The summed E-state index contributed by atoms with van der Waals surface area (Å²) in [5.41, 5.74) is 8.14. The minimum absolute atomic E-state index is 0.0459. The number of rotatable bonds is 10. The monoisotopic (exact) mass is 399 g/mol. The summed E-state index contributed by atoms with van der Waals surface area (Å²) in [6, 6.07) is 7.69. The van der Waals surface area contributed by atoms with Gasteiger partial charge in [-0.3, -0.25) is 9.59 Å². The molecule has 9 heteroatoms. The Morgan fingerprint density at radius 1 is 1.21 bits per heavy atom. The number of hydrogen-bond donors (Lipinski definition) is 4. The molecule has 0 saturated heterocycles. The van der Waals surface area contributed by atoms with Crippen LogP contribution >= 0.6 is 0 Å².